The standard InChI is InChI=1S/C8H8O2.C6H9NO2/c9-7-10-6-8-4-2-1-3-5-8;1-2-4-3-7-6(9)5(4)8/h1-5,7H,6H2;2,4-5,8H,1,3H2,(H,7,9)/t;4-,5+/m.0/s1. The molecule has 0 radical (unpaired) electrons. The molecule has 1 aromatic carbocycles. The van der Waals surface area contributed by atoms with E-state index >= 15 is 0 Å². The topological polar surface area (TPSA) is 75.6 Å². The van der Waals surface area contributed by atoms with Crippen molar-refractivity contribution in [1.29, 1.82) is 0 Å². The highest BCUT2D eigenvalue weighted by Gasteiger charge is 2.29. The van der Waals surface area contributed by atoms with Crippen LogP contribution in [0.25, 0.3) is 0 Å². The van der Waals surface area contributed by atoms with Gasteiger partial charge < -0.3 is 15.2 Å². The summed E-state index contributed by atoms with van der Waals surface area (Å²) in [5, 5.41) is 11.5. The van der Waals surface area contributed by atoms with E-state index in [4.69, 9.17) is 5.11 Å². The Kier molecular flexibility index (Phi) is 6.32. The second kappa shape index (κ2) is 8.05. The van der Waals surface area contributed by atoms with Gasteiger partial charge in [-0.3, -0.25) is 9.59 Å². The molecule has 5 nitrogen and oxygen atoms in total. The van der Waals surface area contributed by atoms with Crippen LogP contribution in [-0.4, -0.2) is 30.1 Å². The van der Waals surface area contributed by atoms with E-state index < -0.39 is 6.10 Å². The summed E-state index contributed by atoms with van der Waals surface area (Å²) in [7, 11) is 0. The number of carbonyl (C=O) groups is 2. The zero-order valence-electron chi connectivity index (χ0n) is 10.5. The highest BCUT2D eigenvalue weighted by Crippen LogP contribution is 2.09. The summed E-state index contributed by atoms with van der Waals surface area (Å²) in [5.41, 5.74) is 1.01. The van der Waals surface area contributed by atoms with Gasteiger partial charge in [0.25, 0.3) is 6.47 Å². The molecule has 0 unspecified atom stereocenters. The molecule has 1 fully saturated rings. The van der Waals surface area contributed by atoms with Gasteiger partial charge in [-0.05, 0) is 5.56 Å². The van der Waals surface area contributed by atoms with Gasteiger partial charge in [0.15, 0.2) is 0 Å². The molecule has 102 valence electrons. The molecule has 0 bridgehead atoms. The van der Waals surface area contributed by atoms with Gasteiger partial charge in [0.1, 0.15) is 12.7 Å². The molecule has 2 N–H and O–H groups in total. The van der Waals surface area contributed by atoms with Gasteiger partial charge in [0.05, 0.1) is 0 Å². The van der Waals surface area contributed by atoms with Crippen LogP contribution in [0.3, 0.4) is 0 Å². The van der Waals surface area contributed by atoms with Crippen molar-refractivity contribution in [1.82, 2.24) is 5.32 Å². The number of hydrogen-bond donors (Lipinski definition) is 2. The van der Waals surface area contributed by atoms with E-state index in [0.29, 0.717) is 19.6 Å². The van der Waals surface area contributed by atoms with Gasteiger partial charge in [-0.1, -0.05) is 36.4 Å². The predicted octanol–water partition coefficient (Wildman–Crippen LogP) is 0.639. The second-order valence-electron chi connectivity index (χ2n) is 3.98. The zero-order valence-corrected chi connectivity index (χ0v) is 10.5. The number of ether oxygens (including phenoxy) is 1. The fourth-order valence-electron chi connectivity index (χ4n) is 1.55. The van der Waals surface area contributed by atoms with Crippen LogP contribution in [0.1, 0.15) is 5.56 Å². The predicted molar refractivity (Wildman–Crippen MR) is 70.0 cm³/mol. The lowest BCUT2D eigenvalue weighted by atomic mass is 10.1. The van der Waals surface area contributed by atoms with Crippen molar-refractivity contribution in [2.24, 2.45) is 5.92 Å². The van der Waals surface area contributed by atoms with Crippen LogP contribution in [0.2, 0.25) is 0 Å². The third-order valence-corrected chi connectivity index (χ3v) is 2.65. The number of hydrogen-bond acceptors (Lipinski definition) is 4. The Labute approximate surface area is 111 Å². The van der Waals surface area contributed by atoms with Gasteiger partial charge >= 0.3 is 0 Å². The molecular weight excluding hydrogens is 246 g/mol. The van der Waals surface area contributed by atoms with Crippen LogP contribution >= 0.6 is 0 Å². The minimum absolute atomic E-state index is 0.0995. The van der Waals surface area contributed by atoms with E-state index in [9.17, 15) is 9.59 Å². The largest absolute Gasteiger partial charge is 0.463 e. The molecule has 0 aromatic heterocycles. The molecule has 1 amide bonds. The molecule has 1 aliphatic heterocycles. The minimum atomic E-state index is -0.873. The maximum Gasteiger partial charge on any atom is 0.293 e. The van der Waals surface area contributed by atoms with Crippen molar-refractivity contribution in [2.75, 3.05) is 6.54 Å². The molecule has 5 heteroatoms. The van der Waals surface area contributed by atoms with E-state index in [1.807, 2.05) is 30.3 Å². The van der Waals surface area contributed by atoms with E-state index in [1.165, 1.54) is 0 Å². The van der Waals surface area contributed by atoms with E-state index in [0.717, 1.165) is 5.56 Å². The van der Waals surface area contributed by atoms with Crippen LogP contribution in [-0.2, 0) is 20.9 Å². The summed E-state index contributed by atoms with van der Waals surface area (Å²) in [6.45, 7) is 4.81. The van der Waals surface area contributed by atoms with Gasteiger partial charge in [-0.2, -0.15) is 0 Å². The molecular formula is C14H17NO4. The fraction of sp³-hybridized carbons (Fsp3) is 0.286. The van der Waals surface area contributed by atoms with Crippen LogP contribution < -0.4 is 5.32 Å². The number of benzene rings is 1. The minimum Gasteiger partial charge on any atom is -0.463 e. The van der Waals surface area contributed by atoms with Crippen molar-refractivity contribution in [2.45, 2.75) is 12.7 Å². The van der Waals surface area contributed by atoms with Gasteiger partial charge in [-0.25, -0.2) is 0 Å². The number of rotatable bonds is 4. The SMILES string of the molecule is C=C[C@H]1CNC(=O)[C@@H]1O.O=COCc1ccccc1. The number of aliphatic hydroxyl groups is 1. The number of nitrogens with one attached hydrogen (secondary N) is 1. The zero-order chi connectivity index (χ0) is 14.1. The van der Waals surface area contributed by atoms with Crippen molar-refractivity contribution < 1.29 is 19.4 Å². The Bertz CT molecular complexity index is 419. The number of aliphatic hydroxyl groups excluding tert-OH is 1. The molecule has 1 saturated heterocycles. The molecule has 1 aliphatic rings. The Morgan fingerprint density at radius 3 is 2.53 bits per heavy atom. The van der Waals surface area contributed by atoms with Crippen LogP contribution in [0, 0.1) is 5.92 Å². The maximum absolute atomic E-state index is 10.5. The maximum atomic E-state index is 10.5. The third-order valence-electron chi connectivity index (χ3n) is 2.65. The first-order valence-corrected chi connectivity index (χ1v) is 5.86. The lowest BCUT2D eigenvalue weighted by molar-refractivity contribution is -0.129. The molecule has 0 aliphatic carbocycles. The van der Waals surface area contributed by atoms with Gasteiger partial charge in [0, 0.05) is 12.5 Å². The number of amides is 1. The van der Waals surface area contributed by atoms with E-state index in [-0.39, 0.29) is 11.8 Å². The molecule has 1 aromatic rings. The van der Waals surface area contributed by atoms with E-state index in [1.54, 1.807) is 6.08 Å². The highest BCUT2D eigenvalue weighted by atomic mass is 16.5. The number of carbonyl (C=O) groups excluding carboxylic acids is 2. The monoisotopic (exact) mass is 263 g/mol. The van der Waals surface area contributed by atoms with E-state index in [2.05, 4.69) is 16.6 Å². The van der Waals surface area contributed by atoms with Crippen LogP contribution in [0.15, 0.2) is 43.0 Å². The Morgan fingerprint density at radius 1 is 1.42 bits per heavy atom. The molecule has 1 heterocycles. The first-order chi connectivity index (χ1) is 9.19. The highest BCUT2D eigenvalue weighted by molar-refractivity contribution is 5.83. The van der Waals surface area contributed by atoms with Gasteiger partial charge in [-0.15, -0.1) is 6.58 Å². The fourth-order valence-corrected chi connectivity index (χ4v) is 1.55. The Hall–Kier alpha value is -2.14. The summed E-state index contributed by atoms with van der Waals surface area (Å²) in [4.78, 5) is 20.3. The molecule has 2 atom stereocenters. The lowest BCUT2D eigenvalue weighted by Crippen LogP contribution is -2.23. The lowest BCUT2D eigenvalue weighted by Gasteiger charge is -2.02. The van der Waals surface area contributed by atoms with Crippen molar-refractivity contribution >= 4 is 12.4 Å². The molecule has 0 saturated carbocycles. The smallest absolute Gasteiger partial charge is 0.293 e. The van der Waals surface area contributed by atoms with Gasteiger partial charge in [0.2, 0.25) is 5.91 Å². The summed E-state index contributed by atoms with van der Waals surface area (Å²) in [6.07, 6.45) is 0.713. The molecule has 0 spiro atoms. The summed E-state index contributed by atoms with van der Waals surface area (Å²) in [6, 6.07) is 9.55. The Balaban J connectivity index is 0.000000191. The van der Waals surface area contributed by atoms with Crippen molar-refractivity contribution in [3.05, 3.63) is 48.6 Å². The van der Waals surface area contributed by atoms with Crippen molar-refractivity contribution in [3.8, 4) is 0 Å². The quantitative estimate of drug-likeness (QED) is 0.617. The van der Waals surface area contributed by atoms with Crippen LogP contribution in [0.4, 0.5) is 0 Å². The molecule has 19 heavy (non-hydrogen) atoms. The van der Waals surface area contributed by atoms with Crippen LogP contribution in [0.5, 0.6) is 0 Å². The van der Waals surface area contributed by atoms with Crippen molar-refractivity contribution in [3.63, 3.8) is 0 Å². The average Bonchev–Trinajstić information content (AvgIpc) is 2.78. The second-order valence-corrected chi connectivity index (χ2v) is 3.98. The summed E-state index contributed by atoms with van der Waals surface area (Å²) in [5.74, 6) is -0.391. The summed E-state index contributed by atoms with van der Waals surface area (Å²) >= 11 is 0. The first-order valence-electron chi connectivity index (χ1n) is 5.86. The Morgan fingerprint density at radius 2 is 2.11 bits per heavy atom. The normalized spacial score (nSPS) is 20.8. The summed E-state index contributed by atoms with van der Waals surface area (Å²) < 4.78 is 4.54. The third kappa shape index (κ3) is 4.93. The molecule has 2 rings (SSSR count). The average molecular weight is 263 g/mol. The first kappa shape index (κ1) is 14.9.